The molecule has 3 aromatic heterocycles. The lowest BCUT2D eigenvalue weighted by molar-refractivity contribution is -0.136. The normalized spacial score (nSPS) is 16.0. The van der Waals surface area contributed by atoms with Crippen LogP contribution >= 0.6 is 11.3 Å². The molecule has 4 nitrogen and oxygen atoms in total. The van der Waals surface area contributed by atoms with Gasteiger partial charge in [-0.25, -0.2) is 15.0 Å². The van der Waals surface area contributed by atoms with Crippen molar-refractivity contribution in [3.8, 4) is 0 Å². The SMILES string of the molecule is Nc1ncnc2c1sc1nc(C3CC3)cc(C(F)(F)F)c12. The minimum absolute atomic E-state index is 0.0287. The Bertz CT molecular complexity index is 867. The molecule has 1 fully saturated rings. The van der Waals surface area contributed by atoms with Crippen LogP contribution in [0.1, 0.15) is 30.0 Å². The molecule has 3 heterocycles. The maximum Gasteiger partial charge on any atom is 0.417 e. The highest BCUT2D eigenvalue weighted by molar-refractivity contribution is 7.25. The summed E-state index contributed by atoms with van der Waals surface area (Å²) in [4.78, 5) is 12.5. The van der Waals surface area contributed by atoms with Gasteiger partial charge in [0.05, 0.1) is 21.2 Å². The second-order valence-electron chi connectivity index (χ2n) is 5.09. The summed E-state index contributed by atoms with van der Waals surface area (Å²) in [5, 5.41) is 0.0287. The van der Waals surface area contributed by atoms with Crippen LogP contribution in [0.25, 0.3) is 20.4 Å². The molecule has 108 valence electrons. The maximum atomic E-state index is 13.4. The van der Waals surface area contributed by atoms with E-state index in [-0.39, 0.29) is 22.6 Å². The van der Waals surface area contributed by atoms with Crippen molar-refractivity contribution in [3.63, 3.8) is 0 Å². The molecule has 0 radical (unpaired) electrons. The van der Waals surface area contributed by atoms with Crippen LogP contribution in [0.5, 0.6) is 0 Å². The van der Waals surface area contributed by atoms with Gasteiger partial charge in [-0.2, -0.15) is 13.2 Å². The number of anilines is 1. The maximum absolute atomic E-state index is 13.4. The molecule has 1 aliphatic carbocycles. The van der Waals surface area contributed by atoms with Crippen LogP contribution in [0.2, 0.25) is 0 Å². The molecule has 0 spiro atoms. The number of nitrogens with two attached hydrogens (primary N) is 1. The van der Waals surface area contributed by atoms with Crippen molar-refractivity contribution in [2.45, 2.75) is 24.9 Å². The number of nitrogens with zero attached hydrogens (tertiary/aromatic N) is 3. The molecule has 0 unspecified atom stereocenters. The van der Waals surface area contributed by atoms with Crippen molar-refractivity contribution in [2.75, 3.05) is 5.73 Å². The zero-order chi connectivity index (χ0) is 14.8. The summed E-state index contributed by atoms with van der Waals surface area (Å²) in [6, 6.07) is 1.16. The number of hydrogen-bond acceptors (Lipinski definition) is 5. The number of fused-ring (bicyclic) bond motifs is 3. The molecule has 1 saturated carbocycles. The fourth-order valence-electron chi connectivity index (χ4n) is 2.42. The largest absolute Gasteiger partial charge is 0.417 e. The van der Waals surface area contributed by atoms with E-state index in [1.807, 2.05) is 0 Å². The standard InChI is InChI=1S/C13H9F3N4S/c14-13(15,16)6-3-7(5-1-2-5)20-12-8(6)9-10(21-12)11(17)19-4-18-9/h3-5H,1-2H2,(H2,17,18,19). The minimum atomic E-state index is -4.45. The Morgan fingerprint density at radius 2 is 2.00 bits per heavy atom. The third-order valence-corrected chi connectivity index (χ3v) is 4.67. The Labute approximate surface area is 120 Å². The van der Waals surface area contributed by atoms with Gasteiger partial charge in [0.1, 0.15) is 17.0 Å². The summed E-state index contributed by atoms with van der Waals surface area (Å²) < 4.78 is 40.6. The van der Waals surface area contributed by atoms with Crippen LogP contribution in [0.15, 0.2) is 12.4 Å². The predicted molar refractivity (Wildman–Crippen MR) is 74.1 cm³/mol. The number of rotatable bonds is 1. The Balaban J connectivity index is 2.15. The van der Waals surface area contributed by atoms with Crippen molar-refractivity contribution in [2.24, 2.45) is 0 Å². The molecule has 0 atom stereocenters. The van der Waals surface area contributed by atoms with Gasteiger partial charge in [-0.3, -0.25) is 0 Å². The van der Waals surface area contributed by atoms with Gasteiger partial charge in [0, 0.05) is 11.6 Å². The molecule has 0 aromatic carbocycles. The smallest absolute Gasteiger partial charge is 0.382 e. The molecule has 0 aliphatic heterocycles. The highest BCUT2D eigenvalue weighted by Crippen LogP contribution is 2.46. The van der Waals surface area contributed by atoms with Crippen LogP contribution in [-0.4, -0.2) is 15.0 Å². The lowest BCUT2D eigenvalue weighted by Crippen LogP contribution is -2.07. The third kappa shape index (κ3) is 1.93. The van der Waals surface area contributed by atoms with Crippen molar-refractivity contribution >= 4 is 37.6 Å². The van der Waals surface area contributed by atoms with Crippen LogP contribution in [0.3, 0.4) is 0 Å². The number of halogens is 3. The quantitative estimate of drug-likeness (QED) is 0.744. The van der Waals surface area contributed by atoms with E-state index in [2.05, 4.69) is 15.0 Å². The van der Waals surface area contributed by atoms with Crippen LogP contribution in [0.4, 0.5) is 19.0 Å². The van der Waals surface area contributed by atoms with E-state index in [4.69, 9.17) is 5.73 Å². The van der Waals surface area contributed by atoms with Crippen LogP contribution in [-0.2, 0) is 6.18 Å². The summed E-state index contributed by atoms with van der Waals surface area (Å²) in [6.45, 7) is 0. The van der Waals surface area contributed by atoms with Crippen LogP contribution in [0, 0.1) is 0 Å². The number of nitrogen functional groups attached to an aromatic ring is 1. The second-order valence-corrected chi connectivity index (χ2v) is 6.08. The Kier molecular flexibility index (Phi) is 2.45. The number of hydrogen-bond donors (Lipinski definition) is 1. The molecule has 0 amide bonds. The fourth-order valence-corrected chi connectivity index (χ4v) is 3.48. The van der Waals surface area contributed by atoms with Crippen LogP contribution < -0.4 is 5.73 Å². The van der Waals surface area contributed by atoms with Gasteiger partial charge in [0.15, 0.2) is 0 Å². The number of thiophene rings is 1. The number of pyridine rings is 1. The summed E-state index contributed by atoms with van der Waals surface area (Å²) in [5.74, 6) is 0.327. The fraction of sp³-hybridized carbons (Fsp3) is 0.308. The van der Waals surface area contributed by atoms with Gasteiger partial charge < -0.3 is 5.73 Å². The topological polar surface area (TPSA) is 64.7 Å². The van der Waals surface area contributed by atoms with E-state index in [9.17, 15) is 13.2 Å². The Morgan fingerprint density at radius 3 is 2.67 bits per heavy atom. The molecule has 21 heavy (non-hydrogen) atoms. The number of aromatic nitrogens is 3. The zero-order valence-corrected chi connectivity index (χ0v) is 11.4. The molecular formula is C13H9F3N4S. The Morgan fingerprint density at radius 1 is 1.24 bits per heavy atom. The summed E-state index contributed by atoms with van der Waals surface area (Å²) in [5.41, 5.74) is 5.79. The van der Waals surface area contributed by atoms with E-state index < -0.39 is 11.7 Å². The molecule has 4 rings (SSSR count). The first-order valence-electron chi connectivity index (χ1n) is 6.36. The van der Waals surface area contributed by atoms with Gasteiger partial charge in [-0.15, -0.1) is 11.3 Å². The highest BCUT2D eigenvalue weighted by Gasteiger charge is 2.37. The zero-order valence-electron chi connectivity index (χ0n) is 10.6. The predicted octanol–water partition coefficient (Wildman–Crippen LogP) is 3.72. The second kappa shape index (κ2) is 4.03. The van der Waals surface area contributed by atoms with Crippen molar-refractivity contribution < 1.29 is 13.2 Å². The molecule has 0 bridgehead atoms. The van der Waals surface area contributed by atoms with E-state index >= 15 is 0 Å². The minimum Gasteiger partial charge on any atom is -0.382 e. The highest BCUT2D eigenvalue weighted by atomic mass is 32.1. The van der Waals surface area contributed by atoms with Crippen molar-refractivity contribution in [1.82, 2.24) is 15.0 Å². The third-order valence-electron chi connectivity index (χ3n) is 3.57. The monoisotopic (exact) mass is 310 g/mol. The first kappa shape index (κ1) is 12.8. The van der Waals surface area contributed by atoms with Gasteiger partial charge in [0.2, 0.25) is 0 Å². The average molecular weight is 310 g/mol. The molecule has 8 heteroatoms. The van der Waals surface area contributed by atoms with E-state index in [1.54, 1.807) is 0 Å². The number of alkyl halides is 3. The van der Waals surface area contributed by atoms with Crippen molar-refractivity contribution in [3.05, 3.63) is 23.7 Å². The molecule has 1 aliphatic rings. The van der Waals surface area contributed by atoms with E-state index in [1.165, 1.54) is 6.33 Å². The Hall–Kier alpha value is -1.96. The lowest BCUT2D eigenvalue weighted by atomic mass is 10.1. The van der Waals surface area contributed by atoms with Gasteiger partial charge >= 0.3 is 6.18 Å². The van der Waals surface area contributed by atoms with E-state index in [0.717, 1.165) is 30.2 Å². The van der Waals surface area contributed by atoms with Gasteiger partial charge in [-0.1, -0.05) is 0 Å². The first-order valence-corrected chi connectivity index (χ1v) is 7.17. The average Bonchev–Trinajstić information content (AvgIpc) is 3.19. The molecule has 3 aromatic rings. The van der Waals surface area contributed by atoms with Gasteiger partial charge in [-0.05, 0) is 18.9 Å². The van der Waals surface area contributed by atoms with E-state index in [0.29, 0.717) is 15.2 Å². The molecule has 2 N–H and O–H groups in total. The summed E-state index contributed by atoms with van der Waals surface area (Å²) >= 11 is 1.12. The summed E-state index contributed by atoms with van der Waals surface area (Å²) in [6.07, 6.45) is -1.48. The van der Waals surface area contributed by atoms with Crippen molar-refractivity contribution in [1.29, 1.82) is 0 Å². The molecule has 0 saturated heterocycles. The molecular weight excluding hydrogens is 301 g/mol. The summed E-state index contributed by atoms with van der Waals surface area (Å²) in [7, 11) is 0. The first-order chi connectivity index (χ1) is 9.95. The van der Waals surface area contributed by atoms with Gasteiger partial charge in [0.25, 0.3) is 0 Å². The lowest BCUT2D eigenvalue weighted by Gasteiger charge is -2.10.